The fraction of sp³-hybridized carbons (Fsp3) is 0.308. The number of ether oxygens (including phenoxy) is 2. The van der Waals surface area contributed by atoms with Crippen LogP contribution < -0.4 is 4.52 Å². The number of rotatable bonds is 11. The SMILES string of the molecule is C=CCOC(=O)c1cc2cc([C@@H](F)P(=O)(Oc3ccccc3)N3CC[C@H]3C(=O)OCCC)ccc2s1. The molecule has 3 aromatic rings. The molecule has 1 unspecified atom stereocenters. The number of nitrogens with zero attached hydrogens (tertiary/aromatic N) is 1. The minimum absolute atomic E-state index is 0.0859. The molecular weight excluding hydrogens is 504 g/mol. The van der Waals surface area contributed by atoms with Crippen LogP contribution in [0.2, 0.25) is 0 Å². The fourth-order valence-corrected chi connectivity index (χ4v) is 7.16. The second-order valence-corrected chi connectivity index (χ2v) is 11.6. The summed E-state index contributed by atoms with van der Waals surface area (Å²) in [5.41, 5.74) is 0.123. The number of carbonyl (C=O) groups excluding carboxylic acids is 2. The highest BCUT2D eigenvalue weighted by Gasteiger charge is 2.53. The summed E-state index contributed by atoms with van der Waals surface area (Å²) in [7, 11) is -4.24. The van der Waals surface area contributed by atoms with Gasteiger partial charge in [0.05, 0.1) is 6.61 Å². The summed E-state index contributed by atoms with van der Waals surface area (Å²) < 4.78 is 48.7. The number of carbonyl (C=O) groups is 2. The van der Waals surface area contributed by atoms with Gasteiger partial charge in [0.1, 0.15) is 23.3 Å². The number of para-hydroxylation sites is 1. The fourth-order valence-electron chi connectivity index (χ4n) is 3.81. The van der Waals surface area contributed by atoms with E-state index in [-0.39, 0.29) is 31.1 Å². The van der Waals surface area contributed by atoms with Gasteiger partial charge < -0.3 is 14.0 Å². The van der Waals surface area contributed by atoms with Crippen LogP contribution in [0.5, 0.6) is 5.75 Å². The number of halogens is 1. The normalized spacial score (nSPS) is 18.0. The Bertz CT molecular complexity index is 1300. The van der Waals surface area contributed by atoms with Crippen molar-refractivity contribution in [2.45, 2.75) is 31.7 Å². The van der Waals surface area contributed by atoms with E-state index < -0.39 is 31.4 Å². The van der Waals surface area contributed by atoms with Crippen LogP contribution in [0.15, 0.2) is 67.3 Å². The number of benzene rings is 2. The zero-order valence-corrected chi connectivity index (χ0v) is 21.5. The lowest BCUT2D eigenvalue weighted by Crippen LogP contribution is -2.52. The van der Waals surface area contributed by atoms with Crippen molar-refractivity contribution in [1.29, 1.82) is 0 Å². The molecule has 36 heavy (non-hydrogen) atoms. The molecule has 0 aliphatic carbocycles. The molecule has 1 fully saturated rings. The van der Waals surface area contributed by atoms with Crippen LogP contribution in [0, 0.1) is 0 Å². The molecule has 1 saturated heterocycles. The minimum atomic E-state index is -4.24. The van der Waals surface area contributed by atoms with Crippen LogP contribution in [0.4, 0.5) is 4.39 Å². The van der Waals surface area contributed by atoms with Gasteiger partial charge in [-0.15, -0.1) is 11.3 Å². The zero-order valence-electron chi connectivity index (χ0n) is 19.8. The van der Waals surface area contributed by atoms with Gasteiger partial charge in [-0.1, -0.05) is 43.8 Å². The molecule has 0 amide bonds. The maximum absolute atomic E-state index is 16.2. The Morgan fingerprint density at radius 1 is 1.22 bits per heavy atom. The Kier molecular flexibility index (Phi) is 8.24. The van der Waals surface area contributed by atoms with Gasteiger partial charge >= 0.3 is 19.5 Å². The van der Waals surface area contributed by atoms with E-state index in [0.29, 0.717) is 23.1 Å². The van der Waals surface area contributed by atoms with E-state index in [9.17, 15) is 14.2 Å². The van der Waals surface area contributed by atoms with Gasteiger partial charge in [-0.05, 0) is 54.1 Å². The molecule has 7 nitrogen and oxygen atoms in total. The summed E-state index contributed by atoms with van der Waals surface area (Å²) in [6.45, 7) is 5.95. The summed E-state index contributed by atoms with van der Waals surface area (Å²) in [6, 6.07) is 13.8. The number of alkyl halides is 1. The first-order chi connectivity index (χ1) is 17.4. The van der Waals surface area contributed by atoms with Crippen molar-refractivity contribution in [3.8, 4) is 5.75 Å². The Balaban J connectivity index is 1.66. The van der Waals surface area contributed by atoms with Crippen LogP contribution in [0.1, 0.15) is 40.9 Å². The van der Waals surface area contributed by atoms with Gasteiger partial charge in [0.25, 0.3) is 0 Å². The summed E-state index contributed by atoms with van der Waals surface area (Å²) >= 11 is 1.22. The van der Waals surface area contributed by atoms with Crippen LogP contribution in [-0.2, 0) is 18.8 Å². The highest BCUT2D eigenvalue weighted by Crippen LogP contribution is 2.66. The van der Waals surface area contributed by atoms with Gasteiger partial charge in [-0.25, -0.2) is 13.9 Å². The maximum atomic E-state index is 16.2. The monoisotopic (exact) mass is 531 g/mol. The molecule has 3 atom stereocenters. The highest BCUT2D eigenvalue weighted by atomic mass is 32.1. The van der Waals surface area contributed by atoms with Gasteiger partial charge in [0.2, 0.25) is 5.91 Å². The maximum Gasteiger partial charge on any atom is 0.358 e. The average Bonchev–Trinajstić information content (AvgIpc) is 3.29. The molecule has 4 rings (SSSR count). The summed E-state index contributed by atoms with van der Waals surface area (Å²) in [5.74, 6) is -2.84. The van der Waals surface area contributed by atoms with E-state index in [1.54, 1.807) is 48.5 Å². The summed E-state index contributed by atoms with van der Waals surface area (Å²) in [6.07, 6.45) is 2.52. The van der Waals surface area contributed by atoms with Gasteiger partial charge in [-0.2, -0.15) is 0 Å². The lowest BCUT2D eigenvalue weighted by Gasteiger charge is -2.43. The molecule has 0 spiro atoms. The number of thiophene rings is 1. The van der Waals surface area contributed by atoms with Crippen LogP contribution >= 0.6 is 18.9 Å². The number of hydrogen-bond acceptors (Lipinski definition) is 7. The van der Waals surface area contributed by atoms with Crippen LogP contribution in [-0.4, -0.2) is 42.4 Å². The van der Waals surface area contributed by atoms with Crippen molar-refractivity contribution in [3.63, 3.8) is 0 Å². The molecule has 0 radical (unpaired) electrons. The van der Waals surface area contributed by atoms with Crippen LogP contribution in [0.3, 0.4) is 0 Å². The standard InChI is InChI=1S/C26H27FNO6PS/c1-3-14-32-25(29)21-12-13-28(21)35(31,34-20-8-6-5-7-9-20)24(27)18-10-11-22-19(16-18)17-23(36-22)26(30)33-15-4-2/h4-11,16-17,21,24H,2-3,12-15H2,1H3/t21-,24-,35?/m0/s1. The second kappa shape index (κ2) is 11.4. The van der Waals surface area contributed by atoms with E-state index in [2.05, 4.69) is 6.58 Å². The molecule has 0 saturated carbocycles. The van der Waals surface area contributed by atoms with Gasteiger partial charge in [0, 0.05) is 11.2 Å². The zero-order chi connectivity index (χ0) is 25.7. The molecule has 1 aliphatic rings. The first-order valence-electron chi connectivity index (χ1n) is 11.6. The molecule has 2 aromatic carbocycles. The van der Waals surface area contributed by atoms with E-state index in [1.165, 1.54) is 28.1 Å². The van der Waals surface area contributed by atoms with E-state index in [1.807, 2.05) is 6.92 Å². The predicted molar refractivity (Wildman–Crippen MR) is 137 cm³/mol. The van der Waals surface area contributed by atoms with Crippen molar-refractivity contribution in [1.82, 2.24) is 4.67 Å². The quantitative estimate of drug-likeness (QED) is 0.158. The van der Waals surface area contributed by atoms with E-state index in [4.69, 9.17) is 14.0 Å². The molecule has 2 heterocycles. The summed E-state index contributed by atoms with van der Waals surface area (Å²) in [4.78, 5) is 25.1. The molecular formula is C26H27FNO6PS. The Labute approximate surface area is 213 Å². The number of fused-ring (bicyclic) bond motifs is 1. The first kappa shape index (κ1) is 26.1. The second-order valence-electron chi connectivity index (χ2n) is 8.23. The number of hydrogen-bond donors (Lipinski definition) is 0. The predicted octanol–water partition coefficient (Wildman–Crippen LogP) is 6.51. The first-order valence-corrected chi connectivity index (χ1v) is 14.1. The molecule has 0 bridgehead atoms. The highest BCUT2D eigenvalue weighted by molar-refractivity contribution is 7.57. The van der Waals surface area contributed by atoms with Crippen LogP contribution in [0.25, 0.3) is 10.1 Å². The minimum Gasteiger partial charge on any atom is -0.465 e. The van der Waals surface area contributed by atoms with E-state index in [0.717, 1.165) is 4.70 Å². The molecule has 0 N–H and O–H groups in total. The molecule has 190 valence electrons. The Morgan fingerprint density at radius 2 is 2.00 bits per heavy atom. The third-order valence-electron chi connectivity index (χ3n) is 5.68. The van der Waals surface area contributed by atoms with Crippen molar-refractivity contribution >= 4 is 40.9 Å². The van der Waals surface area contributed by atoms with Crippen molar-refractivity contribution in [3.05, 3.63) is 77.7 Å². The van der Waals surface area contributed by atoms with E-state index >= 15 is 4.39 Å². The Morgan fingerprint density at radius 3 is 2.67 bits per heavy atom. The molecule has 1 aliphatic heterocycles. The van der Waals surface area contributed by atoms with Gasteiger partial charge in [0.15, 0.2) is 0 Å². The average molecular weight is 532 g/mol. The lowest BCUT2D eigenvalue weighted by atomic mass is 10.1. The van der Waals surface area contributed by atoms with Gasteiger partial charge in [-0.3, -0.25) is 9.36 Å². The lowest BCUT2D eigenvalue weighted by molar-refractivity contribution is -0.152. The van der Waals surface area contributed by atoms with Crippen molar-refractivity contribution in [2.75, 3.05) is 19.8 Å². The number of esters is 2. The third-order valence-corrected chi connectivity index (χ3v) is 9.32. The van der Waals surface area contributed by atoms with Crippen molar-refractivity contribution < 1.29 is 32.5 Å². The van der Waals surface area contributed by atoms with Crippen molar-refractivity contribution in [2.24, 2.45) is 0 Å². The molecule has 1 aromatic heterocycles. The summed E-state index contributed by atoms with van der Waals surface area (Å²) in [5, 5.41) is 0.611. The topological polar surface area (TPSA) is 82.1 Å². The smallest absolute Gasteiger partial charge is 0.358 e. The third kappa shape index (κ3) is 5.38. The Hall–Kier alpha value is -3.00. The molecule has 10 heteroatoms. The largest absolute Gasteiger partial charge is 0.465 e.